The molecule has 0 aromatic heterocycles. The summed E-state index contributed by atoms with van der Waals surface area (Å²) in [6, 6.07) is 7.78. The van der Waals surface area contributed by atoms with Gasteiger partial charge in [0.1, 0.15) is 6.61 Å². The molecule has 0 spiro atoms. The molecule has 0 bridgehead atoms. The largest absolute Gasteiger partial charge is 0.490 e. The van der Waals surface area contributed by atoms with Crippen molar-refractivity contribution in [1.29, 1.82) is 0 Å². The van der Waals surface area contributed by atoms with Crippen LogP contribution in [0, 0.1) is 5.92 Å². The van der Waals surface area contributed by atoms with E-state index < -0.39 is 0 Å². The number of para-hydroxylation sites is 2. The molecule has 1 aliphatic carbocycles. The maximum Gasteiger partial charge on any atom is 0.161 e. The summed E-state index contributed by atoms with van der Waals surface area (Å²) in [5.74, 6) is 2.31. The SMILES string of the molecule is CCOc1ccccc1OCCNCC1CCC(O)CC1. The van der Waals surface area contributed by atoms with Crippen LogP contribution in [-0.2, 0) is 0 Å². The van der Waals surface area contributed by atoms with E-state index in [1.165, 1.54) is 0 Å². The van der Waals surface area contributed by atoms with Gasteiger partial charge in [-0.3, -0.25) is 0 Å². The van der Waals surface area contributed by atoms with Gasteiger partial charge in [-0.1, -0.05) is 12.1 Å². The zero-order valence-corrected chi connectivity index (χ0v) is 12.9. The minimum Gasteiger partial charge on any atom is -0.490 e. The summed E-state index contributed by atoms with van der Waals surface area (Å²) in [5.41, 5.74) is 0. The molecule has 2 rings (SSSR count). The van der Waals surface area contributed by atoms with E-state index in [1.807, 2.05) is 31.2 Å². The highest BCUT2D eigenvalue weighted by Crippen LogP contribution is 2.26. The molecular weight excluding hydrogens is 266 g/mol. The van der Waals surface area contributed by atoms with E-state index in [4.69, 9.17) is 9.47 Å². The van der Waals surface area contributed by atoms with Crippen LogP contribution in [0.15, 0.2) is 24.3 Å². The van der Waals surface area contributed by atoms with Crippen LogP contribution in [0.4, 0.5) is 0 Å². The van der Waals surface area contributed by atoms with E-state index in [2.05, 4.69) is 5.32 Å². The topological polar surface area (TPSA) is 50.7 Å². The van der Waals surface area contributed by atoms with Crippen molar-refractivity contribution in [3.63, 3.8) is 0 Å². The quantitative estimate of drug-likeness (QED) is 0.723. The molecule has 0 saturated heterocycles. The van der Waals surface area contributed by atoms with E-state index in [-0.39, 0.29) is 6.10 Å². The van der Waals surface area contributed by atoms with Gasteiger partial charge in [0.25, 0.3) is 0 Å². The highest BCUT2D eigenvalue weighted by atomic mass is 16.5. The molecular formula is C17H27NO3. The number of nitrogens with one attached hydrogen (secondary N) is 1. The van der Waals surface area contributed by atoms with E-state index in [9.17, 15) is 5.11 Å². The lowest BCUT2D eigenvalue weighted by molar-refractivity contribution is 0.108. The smallest absolute Gasteiger partial charge is 0.161 e. The maximum atomic E-state index is 9.48. The number of hydrogen-bond donors (Lipinski definition) is 2. The first kappa shape index (κ1) is 16.1. The van der Waals surface area contributed by atoms with Gasteiger partial charge in [0.2, 0.25) is 0 Å². The number of ether oxygens (including phenoxy) is 2. The molecule has 0 atom stereocenters. The standard InChI is InChI=1S/C17H27NO3/c1-2-20-16-5-3-4-6-17(16)21-12-11-18-13-14-7-9-15(19)10-8-14/h3-6,14-15,18-19H,2,7-13H2,1H3. The van der Waals surface area contributed by atoms with Gasteiger partial charge in [0.05, 0.1) is 12.7 Å². The van der Waals surface area contributed by atoms with Crippen LogP contribution in [0.2, 0.25) is 0 Å². The summed E-state index contributed by atoms with van der Waals surface area (Å²) in [6.07, 6.45) is 4.08. The predicted octanol–water partition coefficient (Wildman–Crippen LogP) is 2.60. The molecule has 1 saturated carbocycles. The van der Waals surface area contributed by atoms with Crippen LogP contribution in [-0.4, -0.2) is 37.5 Å². The summed E-state index contributed by atoms with van der Waals surface area (Å²) in [5, 5.41) is 12.9. The van der Waals surface area contributed by atoms with Crippen molar-refractivity contribution in [2.75, 3.05) is 26.3 Å². The number of hydrogen-bond acceptors (Lipinski definition) is 4. The molecule has 21 heavy (non-hydrogen) atoms. The second kappa shape index (κ2) is 8.90. The molecule has 4 heteroatoms. The normalized spacial score (nSPS) is 22.0. The minimum absolute atomic E-state index is 0.0698. The number of aliphatic hydroxyl groups excluding tert-OH is 1. The Morgan fingerprint density at radius 1 is 1.10 bits per heavy atom. The Hall–Kier alpha value is -1.26. The summed E-state index contributed by atoms with van der Waals surface area (Å²) >= 11 is 0. The fourth-order valence-corrected chi connectivity index (χ4v) is 2.73. The molecule has 0 heterocycles. The third-order valence-electron chi connectivity index (χ3n) is 3.93. The van der Waals surface area contributed by atoms with Crippen LogP contribution in [0.5, 0.6) is 11.5 Å². The van der Waals surface area contributed by atoms with Gasteiger partial charge >= 0.3 is 0 Å². The summed E-state index contributed by atoms with van der Waals surface area (Å²) in [7, 11) is 0. The Kier molecular flexibility index (Phi) is 6.83. The van der Waals surface area contributed by atoms with Gasteiger partial charge in [0, 0.05) is 6.54 Å². The van der Waals surface area contributed by atoms with Crippen molar-refractivity contribution < 1.29 is 14.6 Å². The number of benzene rings is 1. The molecule has 0 aliphatic heterocycles. The molecule has 1 aromatic rings. The first-order valence-corrected chi connectivity index (χ1v) is 8.03. The van der Waals surface area contributed by atoms with Crippen molar-refractivity contribution in [3.8, 4) is 11.5 Å². The molecule has 0 radical (unpaired) electrons. The van der Waals surface area contributed by atoms with Gasteiger partial charge < -0.3 is 19.9 Å². The van der Waals surface area contributed by atoms with Gasteiger partial charge in [-0.15, -0.1) is 0 Å². The lowest BCUT2D eigenvalue weighted by atomic mass is 9.87. The lowest BCUT2D eigenvalue weighted by Crippen LogP contribution is -2.30. The van der Waals surface area contributed by atoms with Crippen LogP contribution < -0.4 is 14.8 Å². The molecule has 1 fully saturated rings. The Balaban J connectivity index is 1.61. The van der Waals surface area contributed by atoms with Gasteiger partial charge in [0.15, 0.2) is 11.5 Å². The van der Waals surface area contributed by atoms with Crippen LogP contribution in [0.1, 0.15) is 32.6 Å². The van der Waals surface area contributed by atoms with Crippen LogP contribution in [0.25, 0.3) is 0 Å². The third kappa shape index (κ3) is 5.56. The monoisotopic (exact) mass is 293 g/mol. The molecule has 1 aliphatic rings. The van der Waals surface area contributed by atoms with E-state index in [0.717, 1.165) is 50.3 Å². The Labute approximate surface area is 127 Å². The number of rotatable bonds is 8. The molecule has 2 N–H and O–H groups in total. The minimum atomic E-state index is -0.0698. The summed E-state index contributed by atoms with van der Waals surface area (Å²) in [4.78, 5) is 0. The van der Waals surface area contributed by atoms with Crippen molar-refractivity contribution in [3.05, 3.63) is 24.3 Å². The predicted molar refractivity (Wildman–Crippen MR) is 83.9 cm³/mol. The molecule has 118 valence electrons. The van der Waals surface area contributed by atoms with Gasteiger partial charge in [-0.25, -0.2) is 0 Å². The fraction of sp³-hybridized carbons (Fsp3) is 0.647. The average molecular weight is 293 g/mol. The maximum absolute atomic E-state index is 9.48. The van der Waals surface area contributed by atoms with Crippen molar-refractivity contribution in [2.24, 2.45) is 5.92 Å². The Morgan fingerprint density at radius 3 is 2.43 bits per heavy atom. The van der Waals surface area contributed by atoms with Crippen LogP contribution in [0.3, 0.4) is 0 Å². The van der Waals surface area contributed by atoms with E-state index >= 15 is 0 Å². The lowest BCUT2D eigenvalue weighted by Gasteiger charge is -2.25. The highest BCUT2D eigenvalue weighted by molar-refractivity contribution is 5.39. The molecule has 1 aromatic carbocycles. The summed E-state index contributed by atoms with van der Waals surface area (Å²) < 4.78 is 11.3. The van der Waals surface area contributed by atoms with Gasteiger partial charge in [-0.05, 0) is 57.2 Å². The van der Waals surface area contributed by atoms with Gasteiger partial charge in [-0.2, -0.15) is 0 Å². The third-order valence-corrected chi connectivity index (χ3v) is 3.93. The molecule has 0 amide bonds. The fourth-order valence-electron chi connectivity index (χ4n) is 2.73. The first-order valence-electron chi connectivity index (χ1n) is 8.03. The van der Waals surface area contributed by atoms with Crippen LogP contribution >= 0.6 is 0 Å². The van der Waals surface area contributed by atoms with E-state index in [0.29, 0.717) is 19.1 Å². The van der Waals surface area contributed by atoms with Crippen molar-refractivity contribution in [2.45, 2.75) is 38.7 Å². The second-order valence-electron chi connectivity index (χ2n) is 5.61. The van der Waals surface area contributed by atoms with E-state index in [1.54, 1.807) is 0 Å². The summed E-state index contributed by atoms with van der Waals surface area (Å²) in [6.45, 7) is 5.10. The zero-order chi connectivity index (χ0) is 14.9. The second-order valence-corrected chi connectivity index (χ2v) is 5.61. The first-order chi connectivity index (χ1) is 10.3. The Bertz CT molecular complexity index is 403. The Morgan fingerprint density at radius 2 is 1.76 bits per heavy atom. The highest BCUT2D eigenvalue weighted by Gasteiger charge is 2.18. The van der Waals surface area contributed by atoms with Crippen molar-refractivity contribution in [1.82, 2.24) is 5.32 Å². The molecule has 4 nitrogen and oxygen atoms in total. The molecule has 0 unspecified atom stereocenters. The average Bonchev–Trinajstić information content (AvgIpc) is 2.51. The number of aliphatic hydroxyl groups is 1. The zero-order valence-electron chi connectivity index (χ0n) is 12.9. The van der Waals surface area contributed by atoms with Crippen molar-refractivity contribution >= 4 is 0 Å².